The molecule has 3 nitrogen and oxygen atoms in total. The predicted octanol–water partition coefficient (Wildman–Crippen LogP) is 1.65. The van der Waals surface area contributed by atoms with Crippen molar-refractivity contribution in [1.29, 1.82) is 0 Å². The number of likely N-dealkylation sites (N-methyl/N-ethyl adjacent to an activating group) is 1. The summed E-state index contributed by atoms with van der Waals surface area (Å²) in [6, 6.07) is 0. The zero-order chi connectivity index (χ0) is 10.7. The van der Waals surface area contributed by atoms with Gasteiger partial charge in [0.2, 0.25) is 0 Å². The minimum atomic E-state index is 0. The Kier molecular flexibility index (Phi) is 5.51. The van der Waals surface area contributed by atoms with E-state index < -0.39 is 0 Å². The SMILES string of the molecule is CN(CC1CCOCC1)C1(CN)CCC1.Cl. The van der Waals surface area contributed by atoms with Crippen molar-refractivity contribution in [3.63, 3.8) is 0 Å². The summed E-state index contributed by atoms with van der Waals surface area (Å²) in [7, 11) is 2.25. The van der Waals surface area contributed by atoms with Gasteiger partial charge in [-0.25, -0.2) is 0 Å². The Morgan fingerprint density at radius 2 is 1.94 bits per heavy atom. The third-order valence-electron chi connectivity index (χ3n) is 4.35. The van der Waals surface area contributed by atoms with Crippen LogP contribution in [0.2, 0.25) is 0 Å². The van der Waals surface area contributed by atoms with Gasteiger partial charge in [0.05, 0.1) is 0 Å². The van der Waals surface area contributed by atoms with E-state index in [9.17, 15) is 0 Å². The highest BCUT2D eigenvalue weighted by atomic mass is 35.5. The quantitative estimate of drug-likeness (QED) is 0.822. The highest BCUT2D eigenvalue weighted by molar-refractivity contribution is 5.85. The number of ether oxygens (including phenoxy) is 1. The molecular formula is C12H25ClN2O. The van der Waals surface area contributed by atoms with Gasteiger partial charge >= 0.3 is 0 Å². The molecule has 2 rings (SSSR count). The Bertz CT molecular complexity index is 198. The minimum absolute atomic E-state index is 0. The molecule has 2 aliphatic rings. The lowest BCUT2D eigenvalue weighted by atomic mass is 9.75. The molecule has 1 heterocycles. The van der Waals surface area contributed by atoms with Crippen LogP contribution in [-0.2, 0) is 4.74 Å². The molecule has 0 atom stereocenters. The Labute approximate surface area is 105 Å². The maximum absolute atomic E-state index is 5.91. The smallest absolute Gasteiger partial charge is 0.0469 e. The van der Waals surface area contributed by atoms with E-state index >= 15 is 0 Å². The van der Waals surface area contributed by atoms with Crippen molar-refractivity contribution in [3.8, 4) is 0 Å². The lowest BCUT2D eigenvalue weighted by molar-refractivity contribution is 0.00503. The van der Waals surface area contributed by atoms with E-state index in [1.165, 1.54) is 38.6 Å². The molecule has 0 spiro atoms. The summed E-state index contributed by atoms with van der Waals surface area (Å²) in [4.78, 5) is 2.52. The van der Waals surface area contributed by atoms with E-state index in [1.54, 1.807) is 0 Å². The minimum Gasteiger partial charge on any atom is -0.381 e. The number of hydrogen-bond donors (Lipinski definition) is 1. The van der Waals surface area contributed by atoms with Gasteiger partial charge in [0.1, 0.15) is 0 Å². The summed E-state index contributed by atoms with van der Waals surface area (Å²) < 4.78 is 5.39. The molecule has 0 aromatic carbocycles. The van der Waals surface area contributed by atoms with Crippen LogP contribution in [0.1, 0.15) is 32.1 Å². The van der Waals surface area contributed by atoms with Crippen molar-refractivity contribution in [2.75, 3.05) is 33.4 Å². The van der Waals surface area contributed by atoms with Crippen molar-refractivity contribution in [2.24, 2.45) is 11.7 Å². The van der Waals surface area contributed by atoms with Crippen LogP contribution in [0.3, 0.4) is 0 Å². The van der Waals surface area contributed by atoms with Crippen LogP contribution in [0, 0.1) is 5.92 Å². The molecule has 0 aromatic heterocycles. The van der Waals surface area contributed by atoms with Crippen LogP contribution in [0.25, 0.3) is 0 Å². The molecule has 96 valence electrons. The molecule has 16 heavy (non-hydrogen) atoms. The summed E-state index contributed by atoms with van der Waals surface area (Å²) in [5.41, 5.74) is 6.25. The van der Waals surface area contributed by atoms with Crippen molar-refractivity contribution in [1.82, 2.24) is 4.90 Å². The molecule has 0 aromatic rings. The fourth-order valence-corrected chi connectivity index (χ4v) is 2.84. The van der Waals surface area contributed by atoms with Crippen molar-refractivity contribution < 1.29 is 4.74 Å². The predicted molar refractivity (Wildman–Crippen MR) is 69.1 cm³/mol. The van der Waals surface area contributed by atoms with Gasteiger partial charge < -0.3 is 10.5 Å². The zero-order valence-electron chi connectivity index (χ0n) is 10.3. The first-order chi connectivity index (χ1) is 7.27. The number of nitrogens with zero attached hydrogens (tertiary/aromatic N) is 1. The van der Waals surface area contributed by atoms with Crippen molar-refractivity contribution >= 4 is 12.4 Å². The highest BCUT2D eigenvalue weighted by Crippen LogP contribution is 2.36. The van der Waals surface area contributed by atoms with Gasteiger partial charge in [-0.15, -0.1) is 12.4 Å². The van der Waals surface area contributed by atoms with Crippen LogP contribution >= 0.6 is 12.4 Å². The van der Waals surface area contributed by atoms with Crippen LogP contribution < -0.4 is 5.73 Å². The molecule has 1 saturated heterocycles. The van der Waals surface area contributed by atoms with Crippen LogP contribution in [-0.4, -0.2) is 43.8 Å². The number of halogens is 1. The summed E-state index contributed by atoms with van der Waals surface area (Å²) in [6.45, 7) is 3.94. The van der Waals surface area contributed by atoms with Crippen LogP contribution in [0.15, 0.2) is 0 Å². The van der Waals surface area contributed by atoms with E-state index in [-0.39, 0.29) is 12.4 Å². The standard InChI is InChI=1S/C12H24N2O.ClH/c1-14(12(10-13)5-2-6-12)9-11-3-7-15-8-4-11;/h11H,2-10,13H2,1H3;1H. The first-order valence-corrected chi connectivity index (χ1v) is 6.26. The molecule has 2 fully saturated rings. The van der Waals surface area contributed by atoms with Gasteiger partial charge in [-0.2, -0.15) is 0 Å². The van der Waals surface area contributed by atoms with E-state index in [0.717, 1.165) is 25.7 Å². The van der Waals surface area contributed by atoms with E-state index in [4.69, 9.17) is 10.5 Å². The lowest BCUT2D eigenvalue weighted by Gasteiger charge is -2.49. The molecule has 1 aliphatic carbocycles. The van der Waals surface area contributed by atoms with E-state index in [0.29, 0.717) is 5.54 Å². The van der Waals surface area contributed by atoms with Gasteiger partial charge in [0, 0.05) is 31.8 Å². The van der Waals surface area contributed by atoms with Gasteiger partial charge in [-0.1, -0.05) is 0 Å². The molecular weight excluding hydrogens is 224 g/mol. The first-order valence-electron chi connectivity index (χ1n) is 6.26. The highest BCUT2D eigenvalue weighted by Gasteiger charge is 2.39. The molecule has 1 saturated carbocycles. The van der Waals surface area contributed by atoms with Crippen molar-refractivity contribution in [2.45, 2.75) is 37.6 Å². The second-order valence-corrected chi connectivity index (χ2v) is 5.22. The van der Waals surface area contributed by atoms with Crippen LogP contribution in [0.4, 0.5) is 0 Å². The number of rotatable bonds is 4. The number of nitrogens with two attached hydrogens (primary N) is 1. The average Bonchev–Trinajstić information content (AvgIpc) is 2.18. The Morgan fingerprint density at radius 1 is 1.31 bits per heavy atom. The maximum Gasteiger partial charge on any atom is 0.0469 e. The largest absolute Gasteiger partial charge is 0.381 e. The summed E-state index contributed by atoms with van der Waals surface area (Å²) in [5.74, 6) is 0.827. The Balaban J connectivity index is 0.00000128. The second kappa shape index (κ2) is 6.20. The Morgan fingerprint density at radius 3 is 2.38 bits per heavy atom. The third kappa shape index (κ3) is 2.89. The number of hydrogen-bond acceptors (Lipinski definition) is 3. The lowest BCUT2D eigenvalue weighted by Crippen LogP contribution is -2.58. The molecule has 4 heteroatoms. The third-order valence-corrected chi connectivity index (χ3v) is 4.35. The fraction of sp³-hybridized carbons (Fsp3) is 1.00. The van der Waals surface area contributed by atoms with Gasteiger partial charge in [-0.05, 0) is 45.1 Å². The topological polar surface area (TPSA) is 38.5 Å². The van der Waals surface area contributed by atoms with E-state index in [1.807, 2.05) is 0 Å². The van der Waals surface area contributed by atoms with Gasteiger partial charge in [0.25, 0.3) is 0 Å². The molecule has 0 amide bonds. The van der Waals surface area contributed by atoms with Gasteiger partial charge in [-0.3, -0.25) is 4.90 Å². The first kappa shape index (κ1) is 14.2. The summed E-state index contributed by atoms with van der Waals surface area (Å²) in [5, 5.41) is 0. The monoisotopic (exact) mass is 248 g/mol. The molecule has 0 bridgehead atoms. The second-order valence-electron chi connectivity index (χ2n) is 5.22. The molecule has 0 radical (unpaired) electrons. The normalized spacial score (nSPS) is 24.9. The summed E-state index contributed by atoms with van der Waals surface area (Å²) in [6.07, 6.45) is 6.40. The molecule has 0 unspecified atom stereocenters. The average molecular weight is 249 g/mol. The van der Waals surface area contributed by atoms with Crippen LogP contribution in [0.5, 0.6) is 0 Å². The maximum atomic E-state index is 5.91. The van der Waals surface area contributed by atoms with Crippen molar-refractivity contribution in [3.05, 3.63) is 0 Å². The van der Waals surface area contributed by atoms with Gasteiger partial charge in [0.15, 0.2) is 0 Å². The zero-order valence-corrected chi connectivity index (χ0v) is 11.1. The Hall–Kier alpha value is 0.170. The fourth-order valence-electron chi connectivity index (χ4n) is 2.84. The molecule has 2 N–H and O–H groups in total. The molecule has 1 aliphatic heterocycles. The summed E-state index contributed by atoms with van der Waals surface area (Å²) >= 11 is 0. The van der Waals surface area contributed by atoms with E-state index in [2.05, 4.69) is 11.9 Å².